The van der Waals surface area contributed by atoms with Gasteiger partial charge in [-0.1, -0.05) is 0 Å². The molecule has 2 aliphatic heterocycles. The largest absolute Gasteiger partial charge is 0.481 e. The normalized spacial score (nSPS) is 26.1. The number of carbonyl (C=O) groups excluding carboxylic acids is 2. The Morgan fingerprint density at radius 3 is 2.90 bits per heavy atom. The third kappa shape index (κ3) is 3.44. The summed E-state index contributed by atoms with van der Waals surface area (Å²) in [6.07, 6.45) is 0.693. The van der Waals surface area contributed by atoms with Gasteiger partial charge >= 0.3 is 12.0 Å². The average molecular weight is 299 g/mol. The van der Waals surface area contributed by atoms with Gasteiger partial charge in [0.05, 0.1) is 19.3 Å². The standard InChI is InChI=1S/C13H21N3O5/c1-2-16(10-8-21-7-9(10)12(18)19)13(20)15-5-3-4-14-11(17)6-15/h9-10H,2-8H2,1H3,(H,14,17)(H,18,19). The lowest BCUT2D eigenvalue weighted by molar-refractivity contribution is -0.143. The molecule has 2 fully saturated rings. The highest BCUT2D eigenvalue weighted by molar-refractivity contribution is 5.85. The predicted molar refractivity (Wildman–Crippen MR) is 72.7 cm³/mol. The Labute approximate surface area is 123 Å². The highest BCUT2D eigenvalue weighted by Crippen LogP contribution is 2.21. The second-order valence-corrected chi connectivity index (χ2v) is 5.24. The maximum absolute atomic E-state index is 12.6. The molecular formula is C13H21N3O5. The molecular weight excluding hydrogens is 278 g/mol. The molecule has 0 spiro atoms. The predicted octanol–water partition coefficient (Wildman–Crippen LogP) is -0.650. The van der Waals surface area contributed by atoms with E-state index in [1.807, 2.05) is 0 Å². The number of aliphatic carboxylic acids is 1. The molecule has 2 aliphatic rings. The minimum Gasteiger partial charge on any atom is -0.481 e. The summed E-state index contributed by atoms with van der Waals surface area (Å²) < 4.78 is 5.22. The summed E-state index contributed by atoms with van der Waals surface area (Å²) in [5.41, 5.74) is 0. The Morgan fingerprint density at radius 2 is 2.24 bits per heavy atom. The molecule has 0 aromatic carbocycles. The third-order valence-corrected chi connectivity index (χ3v) is 3.89. The molecule has 21 heavy (non-hydrogen) atoms. The van der Waals surface area contributed by atoms with E-state index in [-0.39, 0.29) is 31.7 Å². The van der Waals surface area contributed by atoms with Gasteiger partial charge in [-0.05, 0) is 13.3 Å². The number of likely N-dealkylation sites (N-methyl/N-ethyl adjacent to an activating group) is 1. The molecule has 8 nitrogen and oxygen atoms in total. The number of carboxylic acids is 1. The summed E-state index contributed by atoms with van der Waals surface area (Å²) in [5, 5.41) is 11.9. The lowest BCUT2D eigenvalue weighted by Gasteiger charge is -2.33. The maximum atomic E-state index is 12.6. The summed E-state index contributed by atoms with van der Waals surface area (Å²) in [5.74, 6) is -1.86. The van der Waals surface area contributed by atoms with Crippen LogP contribution in [0.25, 0.3) is 0 Å². The van der Waals surface area contributed by atoms with Crippen molar-refractivity contribution in [1.82, 2.24) is 15.1 Å². The van der Waals surface area contributed by atoms with Gasteiger partial charge in [0.15, 0.2) is 0 Å². The van der Waals surface area contributed by atoms with Crippen molar-refractivity contribution in [3.63, 3.8) is 0 Å². The van der Waals surface area contributed by atoms with Crippen LogP contribution in [0.5, 0.6) is 0 Å². The number of carboxylic acid groups (broad SMARTS) is 1. The second-order valence-electron chi connectivity index (χ2n) is 5.24. The van der Waals surface area contributed by atoms with Crippen molar-refractivity contribution in [3.05, 3.63) is 0 Å². The third-order valence-electron chi connectivity index (χ3n) is 3.89. The molecule has 2 heterocycles. The van der Waals surface area contributed by atoms with Crippen molar-refractivity contribution in [2.75, 3.05) is 39.4 Å². The van der Waals surface area contributed by atoms with Crippen LogP contribution in [0.2, 0.25) is 0 Å². The minimum atomic E-state index is -0.961. The number of nitrogens with zero attached hydrogens (tertiary/aromatic N) is 2. The van der Waals surface area contributed by atoms with E-state index in [4.69, 9.17) is 4.74 Å². The quantitative estimate of drug-likeness (QED) is 0.721. The molecule has 0 bridgehead atoms. The van der Waals surface area contributed by atoms with Crippen LogP contribution in [0.3, 0.4) is 0 Å². The molecule has 0 aromatic rings. The summed E-state index contributed by atoms with van der Waals surface area (Å²) >= 11 is 0. The first-order valence-electron chi connectivity index (χ1n) is 7.17. The Balaban J connectivity index is 2.10. The molecule has 2 unspecified atom stereocenters. The molecule has 2 atom stereocenters. The van der Waals surface area contributed by atoms with Crippen LogP contribution < -0.4 is 5.32 Å². The van der Waals surface area contributed by atoms with E-state index in [0.717, 1.165) is 0 Å². The van der Waals surface area contributed by atoms with Gasteiger partial charge in [-0.2, -0.15) is 0 Å². The van der Waals surface area contributed by atoms with Crippen LogP contribution >= 0.6 is 0 Å². The molecule has 2 rings (SSSR count). The van der Waals surface area contributed by atoms with Gasteiger partial charge in [-0.3, -0.25) is 9.59 Å². The fourth-order valence-electron chi connectivity index (χ4n) is 2.75. The number of urea groups is 1. The number of rotatable bonds is 3. The monoisotopic (exact) mass is 299 g/mol. The Hall–Kier alpha value is -1.83. The van der Waals surface area contributed by atoms with Crippen molar-refractivity contribution in [3.8, 4) is 0 Å². The number of amides is 3. The summed E-state index contributed by atoms with van der Waals surface area (Å²) in [6.45, 7) is 3.57. The van der Waals surface area contributed by atoms with Crippen molar-refractivity contribution < 1.29 is 24.2 Å². The van der Waals surface area contributed by atoms with E-state index >= 15 is 0 Å². The van der Waals surface area contributed by atoms with Crippen LogP contribution in [-0.2, 0) is 14.3 Å². The Bertz CT molecular complexity index is 428. The number of ether oxygens (including phenoxy) is 1. The molecule has 2 saturated heterocycles. The van der Waals surface area contributed by atoms with Crippen LogP contribution in [-0.4, -0.2) is 78.2 Å². The smallest absolute Gasteiger partial charge is 0.320 e. The Morgan fingerprint density at radius 1 is 1.48 bits per heavy atom. The maximum Gasteiger partial charge on any atom is 0.320 e. The first kappa shape index (κ1) is 15.6. The van der Waals surface area contributed by atoms with Gasteiger partial charge in [-0.25, -0.2) is 4.79 Å². The van der Waals surface area contributed by atoms with Gasteiger partial charge in [-0.15, -0.1) is 0 Å². The van der Waals surface area contributed by atoms with E-state index in [2.05, 4.69) is 5.32 Å². The van der Waals surface area contributed by atoms with E-state index in [0.29, 0.717) is 26.1 Å². The van der Waals surface area contributed by atoms with Crippen molar-refractivity contribution in [2.45, 2.75) is 19.4 Å². The fourth-order valence-corrected chi connectivity index (χ4v) is 2.75. The lowest BCUT2D eigenvalue weighted by Crippen LogP contribution is -2.53. The minimum absolute atomic E-state index is 0.0145. The SMILES string of the molecule is CCN(C(=O)N1CCCNC(=O)C1)C1COCC1C(=O)O. The van der Waals surface area contributed by atoms with Crippen LogP contribution in [0.15, 0.2) is 0 Å². The van der Waals surface area contributed by atoms with Crippen molar-refractivity contribution >= 4 is 17.9 Å². The first-order valence-corrected chi connectivity index (χ1v) is 7.17. The van der Waals surface area contributed by atoms with E-state index in [1.54, 1.807) is 6.92 Å². The molecule has 0 radical (unpaired) electrons. The van der Waals surface area contributed by atoms with Gasteiger partial charge in [0.2, 0.25) is 5.91 Å². The zero-order valence-corrected chi connectivity index (χ0v) is 12.1. The van der Waals surface area contributed by atoms with Crippen molar-refractivity contribution in [2.24, 2.45) is 5.92 Å². The van der Waals surface area contributed by atoms with Gasteiger partial charge < -0.3 is 25.0 Å². The summed E-state index contributed by atoms with van der Waals surface area (Å²) in [6, 6.07) is -0.775. The lowest BCUT2D eigenvalue weighted by atomic mass is 10.0. The van der Waals surface area contributed by atoms with Crippen molar-refractivity contribution in [1.29, 1.82) is 0 Å². The first-order chi connectivity index (χ1) is 10.0. The molecule has 3 amide bonds. The summed E-state index contributed by atoms with van der Waals surface area (Å²) in [7, 11) is 0. The number of hydrogen-bond acceptors (Lipinski definition) is 4. The molecule has 118 valence electrons. The number of carbonyl (C=O) groups is 3. The average Bonchev–Trinajstić information content (AvgIpc) is 2.82. The fraction of sp³-hybridized carbons (Fsp3) is 0.769. The molecule has 2 N–H and O–H groups in total. The number of nitrogens with one attached hydrogen (secondary N) is 1. The van der Waals surface area contributed by atoms with Crippen LogP contribution in [0.1, 0.15) is 13.3 Å². The molecule has 8 heteroatoms. The van der Waals surface area contributed by atoms with Crippen LogP contribution in [0, 0.1) is 5.92 Å². The highest BCUT2D eigenvalue weighted by atomic mass is 16.5. The zero-order chi connectivity index (χ0) is 15.4. The topological polar surface area (TPSA) is 99.2 Å². The molecule has 0 aliphatic carbocycles. The summed E-state index contributed by atoms with van der Waals surface area (Å²) in [4.78, 5) is 38.4. The van der Waals surface area contributed by atoms with Crippen LogP contribution in [0.4, 0.5) is 4.79 Å². The van der Waals surface area contributed by atoms with E-state index in [9.17, 15) is 19.5 Å². The second kappa shape index (κ2) is 6.75. The Kier molecular flexibility index (Phi) is 5.00. The highest BCUT2D eigenvalue weighted by Gasteiger charge is 2.40. The number of hydrogen-bond donors (Lipinski definition) is 2. The van der Waals surface area contributed by atoms with E-state index < -0.39 is 17.9 Å². The van der Waals surface area contributed by atoms with Gasteiger partial charge in [0.1, 0.15) is 12.5 Å². The van der Waals surface area contributed by atoms with Gasteiger partial charge in [0, 0.05) is 19.6 Å². The van der Waals surface area contributed by atoms with Gasteiger partial charge in [0.25, 0.3) is 0 Å². The molecule has 0 saturated carbocycles. The zero-order valence-electron chi connectivity index (χ0n) is 12.1. The van der Waals surface area contributed by atoms with E-state index in [1.165, 1.54) is 9.80 Å². The molecule has 0 aromatic heterocycles.